The summed E-state index contributed by atoms with van der Waals surface area (Å²) >= 11 is 0. The van der Waals surface area contributed by atoms with E-state index in [4.69, 9.17) is 0 Å². The number of nitrogens with one attached hydrogen (secondary N) is 4. The van der Waals surface area contributed by atoms with Gasteiger partial charge in [0.05, 0.1) is 17.1 Å². The molecular formula is C31H46N8O4. The van der Waals surface area contributed by atoms with Crippen LogP contribution in [0, 0.1) is 5.92 Å². The van der Waals surface area contributed by atoms with Crippen molar-refractivity contribution in [2.75, 3.05) is 43.1 Å². The highest BCUT2D eigenvalue weighted by Crippen LogP contribution is 2.23. The van der Waals surface area contributed by atoms with Gasteiger partial charge in [-0.2, -0.15) is 0 Å². The Morgan fingerprint density at radius 1 is 0.744 bits per heavy atom. The first-order valence-corrected chi connectivity index (χ1v) is 14.6. The van der Waals surface area contributed by atoms with E-state index < -0.39 is 0 Å². The third kappa shape index (κ3) is 9.34. The summed E-state index contributed by atoms with van der Waals surface area (Å²) in [6.07, 6.45) is 7.12. The average Bonchev–Trinajstić information content (AvgIpc) is 3.61. The summed E-state index contributed by atoms with van der Waals surface area (Å²) in [4.78, 5) is 53.4. The molecule has 4 N–H and O–H groups in total. The topological polar surface area (TPSA) is 134 Å². The monoisotopic (exact) mass is 594 g/mol. The number of nitrogens with zero attached hydrogens (tertiary/aromatic N) is 4. The number of aryl methyl sites for hydroxylation is 2. The zero-order valence-corrected chi connectivity index (χ0v) is 26.6. The van der Waals surface area contributed by atoms with Crippen molar-refractivity contribution in [2.45, 2.75) is 53.0 Å². The SMILES string of the molecule is CC(C)CCC(=O)Nc1cc(C(=O)Nc2cc(C(=O)Nc3cc(C(=O)NCCCN(C)C)n(C)c3)n(C(C)C)c2)n(C)c1. The number of carbonyl (C=O) groups is 4. The Bertz CT molecular complexity index is 1440. The molecule has 0 unspecified atom stereocenters. The summed E-state index contributed by atoms with van der Waals surface area (Å²) in [5.74, 6) is -0.628. The van der Waals surface area contributed by atoms with Crippen molar-refractivity contribution in [1.82, 2.24) is 23.9 Å². The second kappa shape index (κ2) is 14.7. The number of rotatable bonds is 14. The lowest BCUT2D eigenvalue weighted by molar-refractivity contribution is -0.116. The second-order valence-electron chi connectivity index (χ2n) is 11.9. The van der Waals surface area contributed by atoms with Gasteiger partial charge in [-0.3, -0.25) is 19.2 Å². The number of hydrogen-bond donors (Lipinski definition) is 4. The van der Waals surface area contributed by atoms with Crippen molar-refractivity contribution in [3.05, 3.63) is 53.9 Å². The van der Waals surface area contributed by atoms with Gasteiger partial charge in [0.25, 0.3) is 17.7 Å². The molecular weight excluding hydrogens is 548 g/mol. The molecule has 3 rings (SSSR count). The summed E-state index contributed by atoms with van der Waals surface area (Å²) in [5.41, 5.74) is 2.64. The predicted molar refractivity (Wildman–Crippen MR) is 170 cm³/mol. The molecule has 0 saturated carbocycles. The Kier molecular flexibility index (Phi) is 11.4. The molecule has 0 atom stereocenters. The summed E-state index contributed by atoms with van der Waals surface area (Å²) in [5, 5.41) is 11.5. The lowest BCUT2D eigenvalue weighted by Crippen LogP contribution is -2.28. The van der Waals surface area contributed by atoms with Gasteiger partial charge < -0.3 is 39.9 Å². The van der Waals surface area contributed by atoms with E-state index in [1.54, 1.807) is 64.6 Å². The molecule has 0 aliphatic rings. The number of anilines is 3. The molecule has 234 valence electrons. The predicted octanol–water partition coefficient (Wildman–Crippen LogP) is 4.31. The van der Waals surface area contributed by atoms with Crippen molar-refractivity contribution in [1.29, 1.82) is 0 Å². The average molecular weight is 595 g/mol. The van der Waals surface area contributed by atoms with Crippen LogP contribution >= 0.6 is 0 Å². The lowest BCUT2D eigenvalue weighted by Gasteiger charge is -2.12. The van der Waals surface area contributed by atoms with Crippen LogP contribution in [0.25, 0.3) is 0 Å². The molecule has 12 heteroatoms. The smallest absolute Gasteiger partial charge is 0.272 e. The van der Waals surface area contributed by atoms with Crippen LogP contribution in [-0.4, -0.2) is 69.4 Å². The fraction of sp³-hybridized carbons (Fsp3) is 0.484. The molecule has 0 bridgehead atoms. The molecule has 0 radical (unpaired) electrons. The van der Waals surface area contributed by atoms with Crippen LogP contribution in [0.1, 0.15) is 84.5 Å². The lowest BCUT2D eigenvalue weighted by atomic mass is 10.1. The van der Waals surface area contributed by atoms with Crippen LogP contribution in [0.4, 0.5) is 17.1 Å². The third-order valence-electron chi connectivity index (χ3n) is 6.93. The Balaban J connectivity index is 1.68. The van der Waals surface area contributed by atoms with Crippen LogP contribution in [-0.2, 0) is 18.9 Å². The minimum absolute atomic E-state index is 0.0617. The van der Waals surface area contributed by atoms with Gasteiger partial charge in [-0.15, -0.1) is 0 Å². The summed E-state index contributed by atoms with van der Waals surface area (Å²) in [6, 6.07) is 4.82. The van der Waals surface area contributed by atoms with Crippen molar-refractivity contribution in [3.8, 4) is 0 Å². The zero-order chi connectivity index (χ0) is 31.8. The van der Waals surface area contributed by atoms with Crippen LogP contribution in [0.3, 0.4) is 0 Å². The van der Waals surface area contributed by atoms with E-state index in [-0.39, 0.29) is 29.7 Å². The number of aromatic nitrogens is 3. The Hall–Kier alpha value is -4.32. The van der Waals surface area contributed by atoms with Gasteiger partial charge in [0, 0.05) is 51.7 Å². The first-order valence-electron chi connectivity index (χ1n) is 14.6. The largest absolute Gasteiger partial charge is 0.351 e. The van der Waals surface area contributed by atoms with Gasteiger partial charge in [-0.1, -0.05) is 13.8 Å². The van der Waals surface area contributed by atoms with Gasteiger partial charge in [0.15, 0.2) is 0 Å². The van der Waals surface area contributed by atoms with Crippen molar-refractivity contribution < 1.29 is 19.2 Å². The number of amides is 4. The van der Waals surface area contributed by atoms with Crippen LogP contribution in [0.15, 0.2) is 36.8 Å². The second-order valence-corrected chi connectivity index (χ2v) is 11.9. The maximum absolute atomic E-state index is 13.3. The molecule has 0 aliphatic carbocycles. The summed E-state index contributed by atoms with van der Waals surface area (Å²) in [7, 11) is 7.45. The zero-order valence-electron chi connectivity index (χ0n) is 26.6. The number of hydrogen-bond acceptors (Lipinski definition) is 5. The molecule has 3 aromatic rings. The molecule has 0 aliphatic heterocycles. The third-order valence-corrected chi connectivity index (χ3v) is 6.93. The highest BCUT2D eigenvalue weighted by atomic mass is 16.2. The maximum Gasteiger partial charge on any atom is 0.272 e. The molecule has 0 saturated heterocycles. The van der Waals surface area contributed by atoms with E-state index in [2.05, 4.69) is 40.0 Å². The Morgan fingerprint density at radius 3 is 1.81 bits per heavy atom. The highest BCUT2D eigenvalue weighted by molar-refractivity contribution is 6.07. The van der Waals surface area contributed by atoms with E-state index in [0.717, 1.165) is 19.4 Å². The maximum atomic E-state index is 13.3. The summed E-state index contributed by atoms with van der Waals surface area (Å²) in [6.45, 7) is 9.43. The normalized spacial score (nSPS) is 11.3. The van der Waals surface area contributed by atoms with E-state index in [9.17, 15) is 19.2 Å². The molecule has 43 heavy (non-hydrogen) atoms. The molecule has 4 amide bonds. The Morgan fingerprint density at radius 2 is 1.26 bits per heavy atom. The minimum Gasteiger partial charge on any atom is -0.351 e. The fourth-order valence-electron chi connectivity index (χ4n) is 4.60. The van der Waals surface area contributed by atoms with E-state index in [0.29, 0.717) is 53.0 Å². The van der Waals surface area contributed by atoms with Crippen molar-refractivity contribution in [2.24, 2.45) is 20.0 Å². The first kappa shape index (κ1) is 33.2. The molecule has 0 spiro atoms. The van der Waals surface area contributed by atoms with E-state index in [1.807, 2.05) is 27.9 Å². The van der Waals surface area contributed by atoms with Gasteiger partial charge in [0.2, 0.25) is 5.91 Å². The molecule has 12 nitrogen and oxygen atoms in total. The first-order chi connectivity index (χ1) is 20.2. The molecule has 0 aromatic carbocycles. The van der Waals surface area contributed by atoms with Gasteiger partial charge in [0.1, 0.15) is 17.1 Å². The molecule has 3 aromatic heterocycles. The van der Waals surface area contributed by atoms with Crippen LogP contribution in [0.2, 0.25) is 0 Å². The van der Waals surface area contributed by atoms with Gasteiger partial charge in [-0.05, 0) is 71.4 Å². The summed E-state index contributed by atoms with van der Waals surface area (Å²) < 4.78 is 5.09. The van der Waals surface area contributed by atoms with Gasteiger partial charge >= 0.3 is 0 Å². The van der Waals surface area contributed by atoms with Crippen LogP contribution in [0.5, 0.6) is 0 Å². The standard InChI is InChI=1S/C31H46N8O4/c1-20(2)10-11-28(40)33-22-14-26(38(8)17-22)30(42)35-24-16-27(39(19-24)21(3)4)31(43)34-23-15-25(37(7)18-23)29(41)32-12-9-13-36(5)6/h14-21H,9-13H2,1-8H3,(H,32,41)(H,33,40)(H,34,43)(H,35,42). The van der Waals surface area contributed by atoms with Crippen LogP contribution < -0.4 is 21.3 Å². The molecule has 0 fully saturated rings. The van der Waals surface area contributed by atoms with E-state index in [1.165, 1.54) is 0 Å². The minimum atomic E-state index is -0.373. The number of carbonyl (C=O) groups excluding carboxylic acids is 4. The van der Waals surface area contributed by atoms with Gasteiger partial charge in [-0.25, -0.2) is 0 Å². The van der Waals surface area contributed by atoms with Crippen molar-refractivity contribution in [3.63, 3.8) is 0 Å². The highest BCUT2D eigenvalue weighted by Gasteiger charge is 2.20. The Labute approximate surface area is 253 Å². The quantitative estimate of drug-likeness (QED) is 0.207. The van der Waals surface area contributed by atoms with Crippen molar-refractivity contribution >= 4 is 40.7 Å². The fourth-order valence-corrected chi connectivity index (χ4v) is 4.60. The molecule has 3 heterocycles. The van der Waals surface area contributed by atoms with E-state index >= 15 is 0 Å².